The van der Waals surface area contributed by atoms with Gasteiger partial charge in [0.1, 0.15) is 0 Å². The van der Waals surface area contributed by atoms with Gasteiger partial charge in [-0.15, -0.1) is 0 Å². The molecule has 0 saturated heterocycles. The second-order valence-electron chi connectivity index (χ2n) is 0.866. The zero-order valence-electron chi connectivity index (χ0n) is 3.15. The van der Waals surface area contributed by atoms with Crippen LogP contribution in [0.25, 0.3) is 0 Å². The van der Waals surface area contributed by atoms with Gasteiger partial charge >= 0.3 is 0 Å². The van der Waals surface area contributed by atoms with Crippen LogP contribution in [0.3, 0.4) is 0 Å². The van der Waals surface area contributed by atoms with Gasteiger partial charge in [0.05, 0.1) is 0 Å². The molecule has 0 saturated carbocycles. The average Bonchev–Trinajstić information content (AvgIpc) is 1.72. The van der Waals surface area contributed by atoms with Crippen LogP contribution in [0.2, 0.25) is 0 Å². The van der Waals surface area contributed by atoms with Gasteiger partial charge in [-0.2, -0.15) is 0 Å². The Morgan fingerprint density at radius 3 is 1.50 bits per heavy atom. The van der Waals surface area contributed by atoms with E-state index in [1.807, 2.05) is 0 Å². The predicted octanol–water partition coefficient (Wildman–Crippen LogP) is 0.870. The zero-order valence-corrected chi connectivity index (χ0v) is 3.15. The molecule has 0 aliphatic heterocycles. The summed E-state index contributed by atoms with van der Waals surface area (Å²) in [5.74, 6) is 5.36. The Hall–Kier alpha value is -1.14. The van der Waals surface area contributed by atoms with Crippen molar-refractivity contribution in [2.45, 2.75) is 0 Å². The second-order valence-corrected chi connectivity index (χ2v) is 0.866. The Morgan fingerprint density at radius 1 is 0.833 bits per heavy atom. The maximum Gasteiger partial charge on any atom is 0.0390 e. The lowest BCUT2D eigenvalue weighted by atomic mass is 10.4. The van der Waals surface area contributed by atoms with Crippen LogP contribution in [0, 0.1) is 11.8 Å². The molecule has 6 heavy (non-hydrogen) atoms. The molecule has 26 valence electrons. The lowest BCUT2D eigenvalue weighted by Gasteiger charge is -1.60. The minimum Gasteiger partial charge on any atom is -0.0604 e. The van der Waals surface area contributed by atoms with Gasteiger partial charge in [0.25, 0.3) is 0 Å². The topological polar surface area (TPSA) is 0 Å². The van der Waals surface area contributed by atoms with Gasteiger partial charge in [0.15, 0.2) is 0 Å². The maximum atomic E-state index is 2.68. The molecule has 0 N–H and O–H groups in total. The predicted molar refractivity (Wildman–Crippen MR) is 23.9 cm³/mol. The standard InChI is InChI=1S/C6H2/c1-2-4-6-5-3-1/h1,6H. The van der Waals surface area contributed by atoms with Gasteiger partial charge in [-0.3, -0.25) is 0 Å². The number of rotatable bonds is 0. The zero-order chi connectivity index (χ0) is 4.24. The number of allylic oxidation sites excluding steroid dienone is 2. The summed E-state index contributed by atoms with van der Waals surface area (Å²) in [6, 6.07) is 0. The summed E-state index contributed by atoms with van der Waals surface area (Å²) in [7, 11) is 0. The molecule has 0 bridgehead atoms. The third-order valence-electron chi connectivity index (χ3n) is 0.455. The average molecular weight is 74.1 g/mol. The van der Waals surface area contributed by atoms with Crippen molar-refractivity contribution in [1.82, 2.24) is 0 Å². The smallest absolute Gasteiger partial charge is 0.0390 e. The first-order valence-electron chi connectivity index (χ1n) is 1.65. The molecule has 0 aromatic heterocycles. The molecule has 0 aromatic carbocycles. The summed E-state index contributed by atoms with van der Waals surface area (Å²) in [6.45, 7) is 0. The van der Waals surface area contributed by atoms with Gasteiger partial charge in [0, 0.05) is 12.2 Å². The minimum atomic E-state index is 1.64. The summed E-state index contributed by atoms with van der Waals surface area (Å²) in [6.07, 6.45) is 3.28. The van der Waals surface area contributed by atoms with Gasteiger partial charge in [-0.05, 0) is 0 Å². The molecule has 0 radical (unpaired) electrons. The molecular weight excluding hydrogens is 72.1 g/mol. The number of hydrogen-bond acceptors (Lipinski definition) is 0. The first kappa shape index (κ1) is 3.07. The molecule has 0 atom stereocenters. The fourth-order valence-corrected chi connectivity index (χ4v) is 0.239. The van der Waals surface area contributed by atoms with E-state index in [0.29, 0.717) is 0 Å². The largest absolute Gasteiger partial charge is 0.0604 e. The van der Waals surface area contributed by atoms with Crippen LogP contribution in [0.5, 0.6) is 0 Å². The van der Waals surface area contributed by atoms with Crippen molar-refractivity contribution >= 4 is 0 Å². The third kappa shape index (κ3) is 0.419. The lowest BCUT2D eigenvalue weighted by Crippen LogP contribution is -1.48. The van der Waals surface area contributed by atoms with E-state index in [4.69, 9.17) is 0 Å². The first-order valence-corrected chi connectivity index (χ1v) is 1.65. The van der Waals surface area contributed by atoms with Crippen LogP contribution in [0.15, 0.2) is 23.6 Å². The van der Waals surface area contributed by atoms with E-state index >= 15 is 0 Å². The van der Waals surface area contributed by atoms with E-state index in [2.05, 4.69) is 23.3 Å². The summed E-state index contributed by atoms with van der Waals surface area (Å²) in [4.78, 5) is 0. The highest BCUT2D eigenvalue weighted by atomic mass is 13.6. The van der Waals surface area contributed by atoms with Crippen molar-refractivity contribution in [3.8, 4) is 11.8 Å². The SMILES string of the molecule is C1=C=CC#CC=1. The second kappa shape index (κ2) is 1.34. The fraction of sp³-hybridized carbons (Fsp3) is 0. The van der Waals surface area contributed by atoms with Gasteiger partial charge in [-0.1, -0.05) is 23.3 Å². The Kier molecular flexibility index (Phi) is 0.683. The Balaban J connectivity index is 3.25. The quantitative estimate of drug-likeness (QED) is 0.295. The van der Waals surface area contributed by atoms with Crippen molar-refractivity contribution < 1.29 is 0 Å². The highest BCUT2D eigenvalue weighted by Gasteiger charge is 1.56. The van der Waals surface area contributed by atoms with Gasteiger partial charge in [-0.25, -0.2) is 0 Å². The summed E-state index contributed by atoms with van der Waals surface area (Å²) >= 11 is 0. The van der Waals surface area contributed by atoms with E-state index in [9.17, 15) is 0 Å². The normalized spacial score (nSPS) is 10.7. The van der Waals surface area contributed by atoms with Crippen molar-refractivity contribution in [3.63, 3.8) is 0 Å². The lowest BCUT2D eigenvalue weighted by molar-refractivity contribution is 2.05. The molecule has 0 heterocycles. The fourth-order valence-electron chi connectivity index (χ4n) is 0.239. The first-order chi connectivity index (χ1) is 3.00. The Labute approximate surface area is 36.5 Å². The molecule has 0 unspecified atom stereocenters. The molecule has 0 nitrogen and oxygen atoms in total. The van der Waals surface area contributed by atoms with Crippen LogP contribution in [-0.2, 0) is 0 Å². The molecule has 1 aliphatic rings. The summed E-state index contributed by atoms with van der Waals surface area (Å²) < 4.78 is 0. The monoisotopic (exact) mass is 74.0 g/mol. The molecule has 0 aromatic rings. The van der Waals surface area contributed by atoms with E-state index < -0.39 is 0 Å². The van der Waals surface area contributed by atoms with E-state index in [1.54, 1.807) is 12.2 Å². The van der Waals surface area contributed by atoms with Crippen LogP contribution >= 0.6 is 0 Å². The summed E-state index contributed by atoms with van der Waals surface area (Å²) in [5.41, 5.74) is 5.36. The van der Waals surface area contributed by atoms with Crippen LogP contribution in [-0.4, -0.2) is 0 Å². The Bertz CT molecular complexity index is 166. The van der Waals surface area contributed by atoms with Crippen molar-refractivity contribution in [1.29, 1.82) is 0 Å². The van der Waals surface area contributed by atoms with Crippen LogP contribution in [0.4, 0.5) is 0 Å². The highest BCUT2D eigenvalue weighted by Crippen LogP contribution is 1.68. The molecular formula is C6H2. The maximum absolute atomic E-state index is 2.68. The minimum absolute atomic E-state index is 1.64. The molecule has 0 heteroatoms. The third-order valence-corrected chi connectivity index (χ3v) is 0.455. The van der Waals surface area contributed by atoms with Crippen molar-refractivity contribution in [2.24, 2.45) is 0 Å². The molecule has 1 aliphatic carbocycles. The molecule has 1 rings (SSSR count). The van der Waals surface area contributed by atoms with Crippen LogP contribution in [0.1, 0.15) is 0 Å². The van der Waals surface area contributed by atoms with Crippen molar-refractivity contribution in [2.75, 3.05) is 0 Å². The van der Waals surface area contributed by atoms with Crippen molar-refractivity contribution in [3.05, 3.63) is 23.6 Å². The Morgan fingerprint density at radius 2 is 1.33 bits per heavy atom. The number of hydrogen-bond donors (Lipinski definition) is 0. The molecule has 0 fully saturated rings. The molecule has 0 spiro atoms. The van der Waals surface area contributed by atoms with Gasteiger partial charge in [0.2, 0.25) is 0 Å². The molecule has 0 amide bonds. The summed E-state index contributed by atoms with van der Waals surface area (Å²) in [5, 5.41) is 0. The van der Waals surface area contributed by atoms with E-state index in [1.165, 1.54) is 0 Å². The van der Waals surface area contributed by atoms with Crippen LogP contribution < -0.4 is 0 Å². The van der Waals surface area contributed by atoms with E-state index in [-0.39, 0.29) is 0 Å². The van der Waals surface area contributed by atoms with Gasteiger partial charge < -0.3 is 0 Å². The van der Waals surface area contributed by atoms with E-state index in [0.717, 1.165) is 0 Å². The highest BCUT2D eigenvalue weighted by molar-refractivity contribution is 5.26.